The summed E-state index contributed by atoms with van der Waals surface area (Å²) in [6.07, 6.45) is 4.04. The first kappa shape index (κ1) is 12.7. The second kappa shape index (κ2) is 5.35. The maximum atomic E-state index is 6.06. The molecule has 1 aliphatic rings. The van der Waals surface area contributed by atoms with E-state index < -0.39 is 0 Å². The highest BCUT2D eigenvalue weighted by Gasteiger charge is 2.24. The zero-order chi connectivity index (χ0) is 13.2. The maximum absolute atomic E-state index is 6.06. The molecular weight excluding hydrogens is 236 g/mol. The average Bonchev–Trinajstić information content (AvgIpc) is 2.66. The Balaban J connectivity index is 1.90. The first-order valence-corrected chi connectivity index (χ1v) is 7.13. The lowest BCUT2D eigenvalue weighted by atomic mass is 9.92. The number of fused-ring (bicyclic) bond motifs is 1. The number of furan rings is 1. The van der Waals surface area contributed by atoms with Gasteiger partial charge in [0.25, 0.3) is 0 Å². The SMILES string of the molecule is CNCc1c(CN(C)C2CCC2)oc2ccccc12. The molecule has 1 heterocycles. The van der Waals surface area contributed by atoms with E-state index >= 15 is 0 Å². The highest BCUT2D eigenvalue weighted by atomic mass is 16.3. The molecule has 0 bridgehead atoms. The largest absolute Gasteiger partial charge is 0.459 e. The lowest BCUT2D eigenvalue weighted by Crippen LogP contribution is -2.36. The molecule has 3 rings (SSSR count). The molecule has 0 unspecified atom stereocenters. The smallest absolute Gasteiger partial charge is 0.134 e. The van der Waals surface area contributed by atoms with Gasteiger partial charge in [0.1, 0.15) is 11.3 Å². The van der Waals surface area contributed by atoms with Gasteiger partial charge in [0.05, 0.1) is 6.54 Å². The van der Waals surface area contributed by atoms with E-state index in [4.69, 9.17) is 4.42 Å². The summed E-state index contributed by atoms with van der Waals surface area (Å²) in [6.45, 7) is 1.78. The predicted molar refractivity (Wildman–Crippen MR) is 78.1 cm³/mol. The van der Waals surface area contributed by atoms with Crippen molar-refractivity contribution >= 4 is 11.0 Å². The fourth-order valence-electron chi connectivity index (χ4n) is 2.83. The van der Waals surface area contributed by atoms with E-state index in [1.807, 2.05) is 13.1 Å². The Morgan fingerprint density at radius 2 is 2.11 bits per heavy atom. The number of nitrogens with one attached hydrogen (secondary N) is 1. The van der Waals surface area contributed by atoms with Gasteiger partial charge < -0.3 is 9.73 Å². The third kappa shape index (κ3) is 2.40. The van der Waals surface area contributed by atoms with E-state index in [9.17, 15) is 0 Å². The van der Waals surface area contributed by atoms with Gasteiger partial charge in [-0.25, -0.2) is 0 Å². The van der Waals surface area contributed by atoms with Gasteiger partial charge in [-0.3, -0.25) is 4.90 Å². The van der Waals surface area contributed by atoms with Crippen LogP contribution >= 0.6 is 0 Å². The molecule has 0 amide bonds. The summed E-state index contributed by atoms with van der Waals surface area (Å²) in [4.78, 5) is 2.43. The van der Waals surface area contributed by atoms with E-state index in [0.717, 1.165) is 30.5 Å². The molecule has 1 saturated carbocycles. The van der Waals surface area contributed by atoms with Crippen LogP contribution in [0.4, 0.5) is 0 Å². The highest BCUT2D eigenvalue weighted by Crippen LogP contribution is 2.29. The highest BCUT2D eigenvalue weighted by molar-refractivity contribution is 5.82. The van der Waals surface area contributed by atoms with Crippen molar-refractivity contribution in [2.75, 3.05) is 14.1 Å². The molecule has 1 N–H and O–H groups in total. The minimum atomic E-state index is 0.746. The molecule has 0 radical (unpaired) electrons. The Bertz CT molecular complexity index is 557. The second-order valence-corrected chi connectivity index (χ2v) is 5.53. The van der Waals surface area contributed by atoms with Gasteiger partial charge in [0.2, 0.25) is 0 Å². The third-order valence-corrected chi connectivity index (χ3v) is 4.23. The van der Waals surface area contributed by atoms with E-state index in [2.05, 4.69) is 35.5 Å². The molecule has 1 aliphatic carbocycles. The topological polar surface area (TPSA) is 28.4 Å². The number of nitrogens with zero attached hydrogens (tertiary/aromatic N) is 1. The van der Waals surface area contributed by atoms with E-state index in [-0.39, 0.29) is 0 Å². The minimum absolute atomic E-state index is 0.746. The number of hydrogen-bond donors (Lipinski definition) is 1. The molecule has 1 fully saturated rings. The van der Waals surface area contributed by atoms with Crippen LogP contribution in [0.15, 0.2) is 28.7 Å². The van der Waals surface area contributed by atoms with Gasteiger partial charge in [-0.05, 0) is 33.0 Å². The molecule has 2 aromatic rings. The molecule has 102 valence electrons. The van der Waals surface area contributed by atoms with Crippen molar-refractivity contribution in [3.8, 4) is 0 Å². The summed E-state index contributed by atoms with van der Waals surface area (Å²) < 4.78 is 6.06. The van der Waals surface area contributed by atoms with Gasteiger partial charge in [0, 0.05) is 23.5 Å². The third-order valence-electron chi connectivity index (χ3n) is 4.23. The Kier molecular flexibility index (Phi) is 3.58. The van der Waals surface area contributed by atoms with Crippen LogP contribution in [0.3, 0.4) is 0 Å². The van der Waals surface area contributed by atoms with E-state index in [0.29, 0.717) is 0 Å². The lowest BCUT2D eigenvalue weighted by molar-refractivity contribution is 0.143. The van der Waals surface area contributed by atoms with Crippen LogP contribution in [-0.2, 0) is 13.1 Å². The molecule has 1 aromatic carbocycles. The number of hydrogen-bond acceptors (Lipinski definition) is 3. The summed E-state index contributed by atoms with van der Waals surface area (Å²) in [5.74, 6) is 1.12. The van der Waals surface area contributed by atoms with Crippen molar-refractivity contribution in [2.45, 2.75) is 38.4 Å². The monoisotopic (exact) mass is 258 g/mol. The van der Waals surface area contributed by atoms with Crippen LogP contribution in [0, 0.1) is 0 Å². The van der Waals surface area contributed by atoms with E-state index in [1.165, 1.54) is 30.2 Å². The second-order valence-electron chi connectivity index (χ2n) is 5.53. The fraction of sp³-hybridized carbons (Fsp3) is 0.500. The fourth-order valence-corrected chi connectivity index (χ4v) is 2.83. The molecule has 0 atom stereocenters. The van der Waals surface area contributed by atoms with Gasteiger partial charge >= 0.3 is 0 Å². The van der Waals surface area contributed by atoms with Gasteiger partial charge in [-0.15, -0.1) is 0 Å². The van der Waals surface area contributed by atoms with Crippen LogP contribution < -0.4 is 5.32 Å². The molecule has 1 aromatic heterocycles. The minimum Gasteiger partial charge on any atom is -0.459 e. The molecule has 19 heavy (non-hydrogen) atoms. The zero-order valence-electron chi connectivity index (χ0n) is 11.8. The summed E-state index contributed by atoms with van der Waals surface area (Å²) in [7, 11) is 4.20. The van der Waals surface area contributed by atoms with Gasteiger partial charge in [-0.2, -0.15) is 0 Å². The van der Waals surface area contributed by atoms with Crippen molar-refractivity contribution in [2.24, 2.45) is 0 Å². The predicted octanol–water partition coefficient (Wildman–Crippen LogP) is 3.14. The number of rotatable bonds is 5. The van der Waals surface area contributed by atoms with Crippen LogP contribution in [-0.4, -0.2) is 25.0 Å². The number of benzene rings is 1. The Morgan fingerprint density at radius 1 is 1.32 bits per heavy atom. The molecule has 3 heteroatoms. The van der Waals surface area contributed by atoms with Crippen LogP contribution in [0.5, 0.6) is 0 Å². The van der Waals surface area contributed by atoms with Crippen LogP contribution in [0.1, 0.15) is 30.6 Å². The Hall–Kier alpha value is -1.32. The Labute approximate surface area is 114 Å². The molecule has 0 aliphatic heterocycles. The van der Waals surface area contributed by atoms with Crippen molar-refractivity contribution in [3.05, 3.63) is 35.6 Å². The maximum Gasteiger partial charge on any atom is 0.134 e. The summed E-state index contributed by atoms with van der Waals surface area (Å²) in [6, 6.07) is 9.07. The van der Waals surface area contributed by atoms with E-state index in [1.54, 1.807) is 0 Å². The van der Waals surface area contributed by atoms with Gasteiger partial charge in [0.15, 0.2) is 0 Å². The van der Waals surface area contributed by atoms with Crippen molar-refractivity contribution in [1.29, 1.82) is 0 Å². The summed E-state index contributed by atoms with van der Waals surface area (Å²) in [5.41, 5.74) is 2.31. The zero-order valence-corrected chi connectivity index (χ0v) is 11.8. The standard InChI is InChI=1S/C16H22N2O/c1-17-10-14-13-8-3-4-9-15(13)19-16(14)11-18(2)12-6-5-7-12/h3-4,8-9,12,17H,5-7,10-11H2,1-2H3. The van der Waals surface area contributed by atoms with Crippen LogP contribution in [0.25, 0.3) is 11.0 Å². The lowest BCUT2D eigenvalue weighted by Gasteiger charge is -2.34. The summed E-state index contributed by atoms with van der Waals surface area (Å²) in [5, 5.41) is 4.50. The average molecular weight is 258 g/mol. The summed E-state index contributed by atoms with van der Waals surface area (Å²) >= 11 is 0. The Morgan fingerprint density at radius 3 is 2.79 bits per heavy atom. The number of para-hydroxylation sites is 1. The van der Waals surface area contributed by atoms with Crippen molar-refractivity contribution < 1.29 is 4.42 Å². The molecule has 0 spiro atoms. The quantitative estimate of drug-likeness (QED) is 0.893. The molecule has 3 nitrogen and oxygen atoms in total. The van der Waals surface area contributed by atoms with Gasteiger partial charge in [-0.1, -0.05) is 24.6 Å². The first-order valence-electron chi connectivity index (χ1n) is 7.13. The van der Waals surface area contributed by atoms with Crippen LogP contribution in [0.2, 0.25) is 0 Å². The molecular formula is C16H22N2O. The normalized spacial score (nSPS) is 16.2. The van der Waals surface area contributed by atoms with Crippen molar-refractivity contribution in [3.63, 3.8) is 0 Å². The van der Waals surface area contributed by atoms with Crippen molar-refractivity contribution in [1.82, 2.24) is 10.2 Å². The molecule has 0 saturated heterocycles. The first-order chi connectivity index (χ1) is 9.29.